The van der Waals surface area contributed by atoms with Crippen LogP contribution in [0.25, 0.3) is 0 Å². The van der Waals surface area contributed by atoms with E-state index in [-0.39, 0.29) is 0 Å². The second kappa shape index (κ2) is 5.24. The topological polar surface area (TPSA) is 45.4 Å². The average Bonchev–Trinajstić information content (AvgIpc) is 2.35. The molecule has 2 heterocycles. The van der Waals surface area contributed by atoms with Gasteiger partial charge in [-0.25, -0.2) is 0 Å². The highest BCUT2D eigenvalue weighted by molar-refractivity contribution is 5.54. The third-order valence-electron chi connectivity index (χ3n) is 4.02. The van der Waals surface area contributed by atoms with Crippen LogP contribution in [0, 0.1) is 6.92 Å². The zero-order valence-electron chi connectivity index (χ0n) is 11.8. The van der Waals surface area contributed by atoms with Crippen LogP contribution in [0.2, 0.25) is 0 Å². The Morgan fingerprint density at radius 3 is 2.50 bits per heavy atom. The van der Waals surface area contributed by atoms with Gasteiger partial charge < -0.3 is 10.6 Å². The Balaban J connectivity index is 2.28. The van der Waals surface area contributed by atoms with Crippen molar-refractivity contribution >= 4 is 5.69 Å². The second-order valence-electron chi connectivity index (χ2n) is 5.43. The molecule has 100 valence electrons. The molecular weight excluding hydrogens is 224 g/mol. The zero-order valence-corrected chi connectivity index (χ0v) is 11.8. The number of nitrogens with zero attached hydrogens (tertiary/aromatic N) is 3. The molecule has 0 spiro atoms. The molecular formula is C14H24N4. The molecule has 2 rings (SSSR count). The van der Waals surface area contributed by atoms with Gasteiger partial charge >= 0.3 is 0 Å². The van der Waals surface area contributed by atoms with E-state index in [1.54, 1.807) is 0 Å². The van der Waals surface area contributed by atoms with Crippen molar-refractivity contribution in [1.29, 1.82) is 0 Å². The van der Waals surface area contributed by atoms with Crippen LogP contribution in [0.3, 0.4) is 0 Å². The van der Waals surface area contributed by atoms with Gasteiger partial charge in [0, 0.05) is 54.9 Å². The lowest BCUT2D eigenvalue weighted by Gasteiger charge is -2.44. The minimum atomic E-state index is 0.553. The Hall–Kier alpha value is -1.13. The Kier molecular flexibility index (Phi) is 3.88. The van der Waals surface area contributed by atoms with Crippen LogP contribution in [0.4, 0.5) is 5.69 Å². The normalized spacial score (nSPS) is 25.5. The van der Waals surface area contributed by atoms with Crippen LogP contribution in [0.15, 0.2) is 12.3 Å². The number of piperazine rings is 1. The van der Waals surface area contributed by atoms with E-state index in [0.717, 1.165) is 24.3 Å². The quantitative estimate of drug-likeness (QED) is 0.859. The molecule has 1 aromatic heterocycles. The van der Waals surface area contributed by atoms with Crippen LogP contribution in [-0.2, 0) is 6.54 Å². The van der Waals surface area contributed by atoms with Gasteiger partial charge in [0.15, 0.2) is 0 Å². The van der Waals surface area contributed by atoms with Gasteiger partial charge in [0.1, 0.15) is 0 Å². The number of pyridine rings is 1. The Labute approximate surface area is 110 Å². The molecule has 0 saturated carbocycles. The van der Waals surface area contributed by atoms with Gasteiger partial charge in [-0.1, -0.05) is 0 Å². The fourth-order valence-electron chi connectivity index (χ4n) is 2.63. The molecule has 1 fully saturated rings. The average molecular weight is 248 g/mol. The minimum absolute atomic E-state index is 0.553. The number of hydrogen-bond acceptors (Lipinski definition) is 4. The third-order valence-corrected chi connectivity index (χ3v) is 4.02. The molecule has 0 radical (unpaired) electrons. The molecule has 4 heteroatoms. The van der Waals surface area contributed by atoms with Crippen molar-refractivity contribution in [3.63, 3.8) is 0 Å². The number of hydrogen-bond donors (Lipinski definition) is 1. The van der Waals surface area contributed by atoms with Gasteiger partial charge in [0.05, 0.1) is 0 Å². The summed E-state index contributed by atoms with van der Waals surface area (Å²) in [5.74, 6) is 0. The lowest BCUT2D eigenvalue weighted by molar-refractivity contribution is 0.170. The first-order chi connectivity index (χ1) is 8.52. The molecule has 1 aliphatic rings. The number of likely N-dealkylation sites (N-methyl/N-ethyl adjacent to an activating group) is 1. The van der Waals surface area contributed by atoms with Crippen LogP contribution in [0.1, 0.15) is 25.1 Å². The van der Waals surface area contributed by atoms with E-state index in [9.17, 15) is 0 Å². The largest absolute Gasteiger partial charge is 0.368 e. The van der Waals surface area contributed by atoms with Crippen molar-refractivity contribution in [2.45, 2.75) is 39.4 Å². The number of aryl methyl sites for hydroxylation is 1. The molecule has 0 bridgehead atoms. The highest BCUT2D eigenvalue weighted by atomic mass is 15.3. The molecule has 0 aliphatic carbocycles. The van der Waals surface area contributed by atoms with Crippen molar-refractivity contribution in [2.75, 3.05) is 25.0 Å². The number of nitrogens with two attached hydrogens (primary N) is 1. The van der Waals surface area contributed by atoms with Crippen LogP contribution in [0.5, 0.6) is 0 Å². The summed E-state index contributed by atoms with van der Waals surface area (Å²) < 4.78 is 0. The SMILES string of the molecule is Cc1cc(N2CC(C)N(C)C(C)C2)c(CN)cn1. The maximum Gasteiger partial charge on any atom is 0.0446 e. The first-order valence-corrected chi connectivity index (χ1v) is 6.65. The molecule has 0 aromatic carbocycles. The molecule has 2 atom stereocenters. The van der Waals surface area contributed by atoms with E-state index in [4.69, 9.17) is 5.73 Å². The molecule has 0 amide bonds. The summed E-state index contributed by atoms with van der Waals surface area (Å²) in [4.78, 5) is 9.23. The third kappa shape index (κ3) is 2.49. The first kappa shape index (κ1) is 13.3. The number of aromatic nitrogens is 1. The van der Waals surface area contributed by atoms with Crippen LogP contribution < -0.4 is 10.6 Å². The standard InChI is InChI=1S/C14H24N4/c1-10-5-14(13(6-15)7-16-10)18-8-11(2)17(4)12(3)9-18/h5,7,11-12H,6,8-9,15H2,1-4H3. The Bertz CT molecular complexity index is 406. The molecule has 18 heavy (non-hydrogen) atoms. The van der Waals surface area contributed by atoms with Gasteiger partial charge in [0.2, 0.25) is 0 Å². The maximum atomic E-state index is 5.83. The lowest BCUT2D eigenvalue weighted by Crippen LogP contribution is -2.55. The summed E-state index contributed by atoms with van der Waals surface area (Å²) in [6, 6.07) is 3.29. The molecule has 2 unspecified atom stereocenters. The Morgan fingerprint density at radius 2 is 1.94 bits per heavy atom. The molecule has 1 aromatic rings. The molecule has 1 saturated heterocycles. The van der Waals surface area contributed by atoms with Gasteiger partial charge in [0.25, 0.3) is 0 Å². The van der Waals surface area contributed by atoms with E-state index in [1.807, 2.05) is 13.1 Å². The Morgan fingerprint density at radius 1 is 1.33 bits per heavy atom. The summed E-state index contributed by atoms with van der Waals surface area (Å²) in [6.45, 7) is 9.25. The summed E-state index contributed by atoms with van der Waals surface area (Å²) in [5, 5.41) is 0. The summed E-state index contributed by atoms with van der Waals surface area (Å²) in [6.07, 6.45) is 1.92. The summed E-state index contributed by atoms with van der Waals surface area (Å²) in [5.41, 5.74) is 9.29. The molecule has 4 nitrogen and oxygen atoms in total. The monoisotopic (exact) mass is 248 g/mol. The lowest BCUT2D eigenvalue weighted by atomic mass is 10.1. The second-order valence-corrected chi connectivity index (χ2v) is 5.43. The van der Waals surface area contributed by atoms with Crippen molar-refractivity contribution in [3.05, 3.63) is 23.5 Å². The smallest absolute Gasteiger partial charge is 0.0446 e. The predicted octanol–water partition coefficient (Wildman–Crippen LogP) is 1.38. The van der Waals surface area contributed by atoms with Gasteiger partial charge in [-0.2, -0.15) is 0 Å². The number of rotatable bonds is 2. The fraction of sp³-hybridized carbons (Fsp3) is 0.643. The highest BCUT2D eigenvalue weighted by Crippen LogP contribution is 2.25. The highest BCUT2D eigenvalue weighted by Gasteiger charge is 2.27. The fourth-order valence-corrected chi connectivity index (χ4v) is 2.63. The van der Waals surface area contributed by atoms with Crippen LogP contribution in [-0.4, -0.2) is 42.1 Å². The number of anilines is 1. The van der Waals surface area contributed by atoms with Crippen molar-refractivity contribution in [3.8, 4) is 0 Å². The predicted molar refractivity (Wildman–Crippen MR) is 75.8 cm³/mol. The van der Waals surface area contributed by atoms with E-state index in [1.165, 1.54) is 5.69 Å². The van der Waals surface area contributed by atoms with Gasteiger partial charge in [-0.3, -0.25) is 9.88 Å². The summed E-state index contributed by atoms with van der Waals surface area (Å²) >= 11 is 0. The van der Waals surface area contributed by atoms with E-state index < -0.39 is 0 Å². The van der Waals surface area contributed by atoms with Crippen molar-refractivity contribution in [1.82, 2.24) is 9.88 Å². The minimum Gasteiger partial charge on any atom is -0.368 e. The van der Waals surface area contributed by atoms with Crippen LogP contribution >= 0.6 is 0 Å². The van der Waals surface area contributed by atoms with Crippen molar-refractivity contribution in [2.24, 2.45) is 5.73 Å². The summed E-state index contributed by atoms with van der Waals surface area (Å²) in [7, 11) is 2.20. The first-order valence-electron chi connectivity index (χ1n) is 6.65. The van der Waals surface area contributed by atoms with E-state index in [2.05, 4.69) is 41.7 Å². The molecule has 2 N–H and O–H groups in total. The molecule has 1 aliphatic heterocycles. The zero-order chi connectivity index (χ0) is 13.3. The van der Waals surface area contributed by atoms with Crippen molar-refractivity contribution < 1.29 is 0 Å². The van der Waals surface area contributed by atoms with Gasteiger partial charge in [-0.15, -0.1) is 0 Å². The van der Waals surface area contributed by atoms with Gasteiger partial charge in [-0.05, 0) is 33.9 Å². The van der Waals surface area contributed by atoms with E-state index in [0.29, 0.717) is 18.6 Å². The van der Waals surface area contributed by atoms with E-state index >= 15 is 0 Å². The maximum absolute atomic E-state index is 5.83.